The second kappa shape index (κ2) is 24.6. The highest BCUT2D eigenvalue weighted by Gasteiger charge is 2.38. The lowest BCUT2D eigenvalue weighted by molar-refractivity contribution is -0.139. The first-order valence-corrected chi connectivity index (χ1v) is 21.9. The molecule has 2 saturated heterocycles. The molecule has 2 fully saturated rings. The Balaban J connectivity index is 1.86. The Morgan fingerprint density at radius 2 is 1.10 bits per heavy atom. The Morgan fingerprint density at radius 3 is 1.53 bits per heavy atom. The number of ketones is 1. The van der Waals surface area contributed by atoms with Crippen LogP contribution in [-0.4, -0.2) is 100.0 Å². The van der Waals surface area contributed by atoms with Crippen molar-refractivity contribution in [3.8, 4) is 0 Å². The molecule has 19 heteroatoms. The van der Waals surface area contributed by atoms with Crippen LogP contribution in [0.15, 0.2) is 0 Å². The van der Waals surface area contributed by atoms with E-state index in [1.165, 1.54) is 13.8 Å². The van der Waals surface area contributed by atoms with Gasteiger partial charge >= 0.3 is 0 Å². The fourth-order valence-corrected chi connectivity index (χ4v) is 9.01. The van der Waals surface area contributed by atoms with Crippen molar-refractivity contribution in [3.05, 3.63) is 0 Å². The van der Waals surface area contributed by atoms with Crippen molar-refractivity contribution < 1.29 is 38.4 Å². The van der Waals surface area contributed by atoms with Crippen molar-refractivity contribution >= 4 is 90.3 Å². The van der Waals surface area contributed by atoms with Crippen LogP contribution in [0.4, 0.5) is 0 Å². The van der Waals surface area contributed by atoms with E-state index in [0.717, 1.165) is 11.3 Å². The topological polar surface area (TPSA) is 240 Å². The number of hydrogen-bond donors (Lipinski definition) is 6. The van der Waals surface area contributed by atoms with E-state index < -0.39 is 29.7 Å². The van der Waals surface area contributed by atoms with Gasteiger partial charge in [0.2, 0.25) is 41.4 Å². The molecule has 0 saturated carbocycles. The highest BCUT2D eigenvalue weighted by Crippen LogP contribution is 2.58. The summed E-state index contributed by atoms with van der Waals surface area (Å²) in [6.45, 7) is 2.66. The molecular formula is C32H53N7O8S4. The summed E-state index contributed by atoms with van der Waals surface area (Å²) in [5, 5.41) is 10.8. The lowest BCUT2D eigenvalue weighted by Crippen LogP contribution is -2.48. The summed E-state index contributed by atoms with van der Waals surface area (Å²) in [5.74, 6) is -3.26. The van der Waals surface area contributed by atoms with Gasteiger partial charge in [-0.1, -0.05) is 68.9 Å². The minimum Gasteiger partial charge on any atom is -0.369 e. The van der Waals surface area contributed by atoms with Crippen molar-refractivity contribution in [2.45, 2.75) is 106 Å². The van der Waals surface area contributed by atoms with Crippen molar-refractivity contribution in [3.63, 3.8) is 0 Å². The van der Waals surface area contributed by atoms with Crippen LogP contribution in [0.3, 0.4) is 0 Å². The van der Waals surface area contributed by atoms with Crippen LogP contribution in [0.25, 0.3) is 0 Å². The molecule has 51 heavy (non-hydrogen) atoms. The third-order valence-corrected chi connectivity index (χ3v) is 12.8. The van der Waals surface area contributed by atoms with Gasteiger partial charge in [0.15, 0.2) is 0 Å². The monoisotopic (exact) mass is 791 g/mol. The number of nitrogens with two attached hydrogens (primary N) is 2. The molecule has 2 aliphatic heterocycles. The average molecular weight is 792 g/mol. The number of nitrogens with one attached hydrogen (secondary N) is 4. The summed E-state index contributed by atoms with van der Waals surface area (Å²) >= 11 is 0. The fourth-order valence-electron chi connectivity index (χ4n) is 5.27. The minimum absolute atomic E-state index is 0.0744. The van der Waals surface area contributed by atoms with Gasteiger partial charge in [-0.3, -0.25) is 33.6 Å². The molecule has 0 radical (unpaired) electrons. The van der Waals surface area contributed by atoms with Crippen molar-refractivity contribution in [1.82, 2.24) is 26.2 Å². The normalized spacial score (nSPS) is 15.5. The summed E-state index contributed by atoms with van der Waals surface area (Å²) in [4.78, 5) is 99.0. The predicted molar refractivity (Wildman–Crippen MR) is 203 cm³/mol. The standard InChI is InChI=1S/C32H53N7O8S4/c1-20(40)10-4-3-5-13-24(38-21(2)41)30(47)37-17-14-27(44)39(18-25(42)35-15-8-6-11-22(28(33)45)31-48-49-31)19-26(43)36-16-9-7-12-23(29(34)46)32-50-51-32/h22-24,31-32H,3-19H2,1-2H3,(H2,33,45)(H2,34,46)(H,35,42)(H,36,43)(H,37,47)(H,38,41)/t22?,23?,24-/m0/s1. The maximum absolute atomic E-state index is 13.2. The minimum atomic E-state index is -0.803. The molecule has 8 N–H and O–H groups in total. The molecule has 2 aliphatic rings. The summed E-state index contributed by atoms with van der Waals surface area (Å²) in [7, 11) is 6.50. The van der Waals surface area contributed by atoms with Crippen LogP contribution in [0.1, 0.15) is 90.9 Å². The van der Waals surface area contributed by atoms with Crippen molar-refractivity contribution in [2.75, 3.05) is 32.7 Å². The van der Waals surface area contributed by atoms with E-state index >= 15 is 0 Å². The number of unbranched alkanes of at least 4 members (excludes halogenated alkanes) is 4. The van der Waals surface area contributed by atoms with E-state index in [9.17, 15) is 38.4 Å². The fraction of sp³-hybridized carbons (Fsp3) is 0.750. The first-order valence-electron chi connectivity index (χ1n) is 17.4. The number of nitrogens with zero attached hydrogens (tertiary/aromatic N) is 1. The molecule has 0 bridgehead atoms. The van der Waals surface area contributed by atoms with Gasteiger partial charge in [0, 0.05) is 39.4 Å². The van der Waals surface area contributed by atoms with Crippen LogP contribution in [0, 0.1) is 11.8 Å². The van der Waals surface area contributed by atoms with E-state index in [0.29, 0.717) is 77.3 Å². The van der Waals surface area contributed by atoms with Crippen LogP contribution >= 0.6 is 43.2 Å². The second-order valence-electron chi connectivity index (χ2n) is 12.7. The van der Waals surface area contributed by atoms with Gasteiger partial charge in [-0.25, -0.2) is 0 Å². The van der Waals surface area contributed by atoms with E-state index in [2.05, 4.69) is 21.3 Å². The molecular weight excluding hydrogens is 739 g/mol. The number of hydrogen-bond acceptors (Lipinski definition) is 12. The van der Waals surface area contributed by atoms with Crippen LogP contribution in [0.2, 0.25) is 0 Å². The van der Waals surface area contributed by atoms with Crippen LogP contribution in [0.5, 0.6) is 0 Å². The molecule has 7 amide bonds. The molecule has 2 heterocycles. The van der Waals surface area contributed by atoms with E-state index in [-0.39, 0.29) is 70.6 Å². The number of Topliss-reactive ketones (excluding diaryl/α,β-unsaturated/α-hetero) is 1. The maximum Gasteiger partial charge on any atom is 0.242 e. The van der Waals surface area contributed by atoms with Gasteiger partial charge in [-0.15, -0.1) is 0 Å². The lowest BCUT2D eigenvalue weighted by Gasteiger charge is -2.23. The average Bonchev–Trinajstić information content (AvgIpc) is 3.98. The Bertz CT molecular complexity index is 1170. The zero-order chi connectivity index (χ0) is 37.8. The Morgan fingerprint density at radius 1 is 0.608 bits per heavy atom. The van der Waals surface area contributed by atoms with Crippen molar-refractivity contribution in [2.24, 2.45) is 23.3 Å². The van der Waals surface area contributed by atoms with E-state index in [1.54, 1.807) is 43.2 Å². The number of primary amides is 2. The van der Waals surface area contributed by atoms with Crippen LogP contribution in [-0.2, 0) is 38.4 Å². The van der Waals surface area contributed by atoms with Crippen molar-refractivity contribution in [1.29, 1.82) is 0 Å². The Hall–Kier alpha value is -2.64. The smallest absolute Gasteiger partial charge is 0.242 e. The lowest BCUT2D eigenvalue weighted by atomic mass is 10.0. The number of amides is 7. The zero-order valence-corrected chi connectivity index (χ0v) is 32.7. The summed E-state index contributed by atoms with van der Waals surface area (Å²) < 4.78 is 0.390. The third kappa shape index (κ3) is 20.3. The van der Waals surface area contributed by atoms with Gasteiger partial charge < -0.3 is 42.4 Å². The Labute approximate surface area is 315 Å². The highest BCUT2D eigenvalue weighted by molar-refractivity contribution is 8.93. The number of rotatable bonds is 29. The summed E-state index contributed by atoms with van der Waals surface area (Å²) in [6.07, 6.45) is 6.51. The van der Waals surface area contributed by atoms with Gasteiger partial charge in [0.05, 0.1) is 21.0 Å². The molecule has 2 rings (SSSR count). The molecule has 3 atom stereocenters. The summed E-state index contributed by atoms with van der Waals surface area (Å²) in [5.41, 5.74) is 11.0. The third-order valence-electron chi connectivity index (χ3n) is 8.21. The Kier molecular flexibility index (Phi) is 21.5. The van der Waals surface area contributed by atoms with E-state index in [4.69, 9.17) is 11.5 Å². The van der Waals surface area contributed by atoms with Crippen LogP contribution < -0.4 is 32.7 Å². The zero-order valence-electron chi connectivity index (χ0n) is 29.4. The van der Waals surface area contributed by atoms with Gasteiger partial charge in [0.25, 0.3) is 0 Å². The molecule has 0 aliphatic carbocycles. The maximum atomic E-state index is 13.2. The molecule has 288 valence electrons. The van der Waals surface area contributed by atoms with Gasteiger partial charge in [-0.2, -0.15) is 0 Å². The molecule has 0 aromatic heterocycles. The quantitative estimate of drug-likeness (QED) is 0.0360. The first kappa shape index (κ1) is 44.5. The largest absolute Gasteiger partial charge is 0.369 e. The number of carbonyl (C=O) groups is 8. The first-order chi connectivity index (χ1) is 24.3. The SMILES string of the molecule is CC(=O)CCCCC[C@H](NC(C)=O)C(=O)NCCC(=O)N(CC(=O)NCCCCC(C(N)=O)C1SS1)CC(=O)NCCCCC(C(N)=O)C1SS1. The molecule has 0 spiro atoms. The molecule has 2 unspecified atom stereocenters. The molecule has 0 aromatic carbocycles. The molecule has 15 nitrogen and oxygen atoms in total. The predicted octanol–water partition coefficient (Wildman–Crippen LogP) is 1.58. The van der Waals surface area contributed by atoms with E-state index in [1.807, 2.05) is 0 Å². The van der Waals surface area contributed by atoms with Gasteiger partial charge in [0.1, 0.15) is 24.9 Å². The molecule has 0 aromatic rings. The summed E-state index contributed by atoms with van der Waals surface area (Å²) in [6, 6.07) is -0.803. The highest BCUT2D eigenvalue weighted by atomic mass is 33.2. The second-order valence-corrected chi connectivity index (χ2v) is 18.4. The number of carbonyl (C=O) groups excluding carboxylic acids is 8. The van der Waals surface area contributed by atoms with Gasteiger partial charge in [-0.05, 0) is 45.4 Å².